The average Bonchev–Trinajstić information content (AvgIpc) is 1.96. The summed E-state index contributed by atoms with van der Waals surface area (Å²) in [6.07, 6.45) is -20.4. The summed E-state index contributed by atoms with van der Waals surface area (Å²) in [5, 5.41) is -6.70. The first-order valence-electron chi connectivity index (χ1n) is 3.33. The summed E-state index contributed by atoms with van der Waals surface area (Å²) < 4.78 is 135. The summed E-state index contributed by atoms with van der Waals surface area (Å²) in [4.78, 5) is 0. The minimum atomic E-state index is -6.99. The first-order chi connectivity index (χ1) is 7.46. The molecule has 0 rings (SSSR count). The Kier molecular flexibility index (Phi) is 5.92. The summed E-state index contributed by atoms with van der Waals surface area (Å²) in [5.41, 5.74) is 0. The molecule has 0 amide bonds. The molecule has 0 bridgehead atoms. The normalized spacial score (nSPS) is 15.1. The third kappa shape index (κ3) is 4.15. The van der Waals surface area contributed by atoms with E-state index in [1.807, 2.05) is 0 Å². The van der Waals surface area contributed by atoms with Crippen LogP contribution in [0, 0.1) is 0 Å². The number of hydrogen-bond donors (Lipinski definition) is 1. The Morgan fingerprint density at radius 1 is 0.789 bits per heavy atom. The van der Waals surface area contributed by atoms with Crippen LogP contribution in [0.1, 0.15) is 0 Å². The van der Waals surface area contributed by atoms with Gasteiger partial charge in [-0.1, -0.05) is 0 Å². The minimum absolute atomic E-state index is 0. The topological polar surface area (TPSA) is 63.6 Å². The maximum atomic E-state index is 12.2. The SMILES string of the molecule is O=S(=O)(O)C(F)(F)C(F)(F)OC(F)(F)C(F)(F)F.[LiH]. The van der Waals surface area contributed by atoms with Crippen LogP contribution in [-0.4, -0.2) is 55.5 Å². The fraction of sp³-hybridized carbons (Fsp3) is 1.00. The maximum absolute atomic E-state index is 12.2. The number of halogens is 9. The van der Waals surface area contributed by atoms with Crippen LogP contribution in [0.3, 0.4) is 0 Å². The molecule has 0 atom stereocenters. The van der Waals surface area contributed by atoms with Crippen LogP contribution < -0.4 is 0 Å². The zero-order valence-corrected chi connectivity index (χ0v) is 8.30. The van der Waals surface area contributed by atoms with Gasteiger partial charge in [-0.05, 0) is 0 Å². The van der Waals surface area contributed by atoms with E-state index in [9.17, 15) is 47.9 Å². The Morgan fingerprint density at radius 2 is 1.11 bits per heavy atom. The molecule has 0 aromatic carbocycles. The molecule has 112 valence electrons. The quantitative estimate of drug-likeness (QED) is 0.485. The van der Waals surface area contributed by atoms with Crippen LogP contribution in [0.25, 0.3) is 0 Å². The molecule has 0 unspecified atom stereocenters. The van der Waals surface area contributed by atoms with Gasteiger partial charge in [-0.2, -0.15) is 47.9 Å². The van der Waals surface area contributed by atoms with E-state index in [0.29, 0.717) is 0 Å². The average molecular weight is 324 g/mol. The predicted octanol–water partition coefficient (Wildman–Crippen LogP) is 1.58. The van der Waals surface area contributed by atoms with E-state index in [4.69, 9.17) is 4.55 Å². The van der Waals surface area contributed by atoms with E-state index in [2.05, 4.69) is 0 Å². The standard InChI is InChI=1S/C4HF9O4S.Li.H/c5-1(6,7)2(8,9)17-3(10,11)4(12,13)18(14,15)16;;/h(H,14,15,16);;. The Labute approximate surface area is 110 Å². The van der Waals surface area contributed by atoms with Gasteiger partial charge >= 0.3 is 52.6 Å². The number of rotatable bonds is 4. The molecule has 1 N–H and O–H groups in total. The van der Waals surface area contributed by atoms with Crippen molar-refractivity contribution in [3.63, 3.8) is 0 Å². The third-order valence-electron chi connectivity index (χ3n) is 1.25. The van der Waals surface area contributed by atoms with Crippen LogP contribution in [0.2, 0.25) is 0 Å². The second kappa shape index (κ2) is 5.32. The van der Waals surface area contributed by atoms with Crippen molar-refractivity contribution in [1.82, 2.24) is 0 Å². The molecule has 0 saturated heterocycles. The first kappa shape index (κ1) is 21.1. The van der Waals surface area contributed by atoms with Crippen molar-refractivity contribution in [3.05, 3.63) is 0 Å². The van der Waals surface area contributed by atoms with Crippen LogP contribution >= 0.6 is 0 Å². The van der Waals surface area contributed by atoms with Crippen LogP contribution in [0.15, 0.2) is 0 Å². The van der Waals surface area contributed by atoms with Crippen LogP contribution in [-0.2, 0) is 14.9 Å². The molecule has 19 heavy (non-hydrogen) atoms. The van der Waals surface area contributed by atoms with Gasteiger partial charge in [0, 0.05) is 0 Å². The zero-order valence-electron chi connectivity index (χ0n) is 7.48. The molecular formula is C4H2F9LiO4S. The molecule has 0 spiro atoms. The molecule has 0 aliphatic carbocycles. The monoisotopic (exact) mass is 324 g/mol. The summed E-state index contributed by atoms with van der Waals surface area (Å²) in [6, 6.07) is 0. The zero-order chi connectivity index (χ0) is 15.2. The second-order valence-corrected chi connectivity index (χ2v) is 4.09. The molecule has 0 aliphatic rings. The molecule has 0 aromatic rings. The molecule has 4 nitrogen and oxygen atoms in total. The summed E-state index contributed by atoms with van der Waals surface area (Å²) in [5.74, 6) is 0. The molecule has 0 fully saturated rings. The summed E-state index contributed by atoms with van der Waals surface area (Å²) in [7, 11) is -6.99. The number of ether oxygens (including phenoxy) is 1. The summed E-state index contributed by atoms with van der Waals surface area (Å²) in [6.45, 7) is 0. The van der Waals surface area contributed by atoms with Gasteiger partial charge < -0.3 is 0 Å². The van der Waals surface area contributed by atoms with Gasteiger partial charge in [-0.3, -0.25) is 4.55 Å². The van der Waals surface area contributed by atoms with Gasteiger partial charge in [-0.25, -0.2) is 4.74 Å². The van der Waals surface area contributed by atoms with Gasteiger partial charge in [0.15, 0.2) is 0 Å². The molecule has 0 saturated carbocycles. The Morgan fingerprint density at radius 3 is 1.32 bits per heavy atom. The predicted molar refractivity (Wildman–Crippen MR) is 40.7 cm³/mol. The molecule has 0 heterocycles. The van der Waals surface area contributed by atoms with Crippen molar-refractivity contribution in [3.8, 4) is 0 Å². The van der Waals surface area contributed by atoms with Gasteiger partial charge in [0.05, 0.1) is 0 Å². The van der Waals surface area contributed by atoms with Gasteiger partial charge in [0.1, 0.15) is 0 Å². The van der Waals surface area contributed by atoms with Crippen molar-refractivity contribution < 1.29 is 57.2 Å². The third-order valence-corrected chi connectivity index (χ3v) is 2.13. The molecule has 0 aromatic heterocycles. The first-order valence-corrected chi connectivity index (χ1v) is 4.77. The number of hydrogen-bond acceptors (Lipinski definition) is 3. The molecule has 0 aliphatic heterocycles. The van der Waals surface area contributed by atoms with Crippen molar-refractivity contribution in [2.75, 3.05) is 0 Å². The van der Waals surface area contributed by atoms with Crippen molar-refractivity contribution in [1.29, 1.82) is 0 Å². The Bertz CT molecular complexity index is 414. The van der Waals surface area contributed by atoms with Gasteiger partial charge in [0.2, 0.25) is 0 Å². The van der Waals surface area contributed by atoms with Crippen LogP contribution in [0.5, 0.6) is 0 Å². The molecule has 0 radical (unpaired) electrons. The summed E-state index contributed by atoms with van der Waals surface area (Å²) >= 11 is 0. The van der Waals surface area contributed by atoms with E-state index in [0.717, 1.165) is 0 Å². The Balaban J connectivity index is 0. The van der Waals surface area contributed by atoms with E-state index in [1.165, 1.54) is 4.74 Å². The van der Waals surface area contributed by atoms with Crippen molar-refractivity contribution >= 4 is 29.0 Å². The number of alkyl halides is 9. The van der Waals surface area contributed by atoms with E-state index < -0.39 is 33.8 Å². The fourth-order valence-electron chi connectivity index (χ4n) is 0.428. The van der Waals surface area contributed by atoms with E-state index in [1.54, 1.807) is 0 Å². The van der Waals surface area contributed by atoms with Gasteiger partial charge in [0.25, 0.3) is 0 Å². The fourth-order valence-corrected chi connectivity index (χ4v) is 0.770. The van der Waals surface area contributed by atoms with Gasteiger partial charge in [-0.15, -0.1) is 0 Å². The molecule has 15 heteroatoms. The van der Waals surface area contributed by atoms with Crippen molar-refractivity contribution in [2.45, 2.75) is 23.6 Å². The van der Waals surface area contributed by atoms with E-state index in [-0.39, 0.29) is 18.9 Å². The van der Waals surface area contributed by atoms with E-state index >= 15 is 0 Å². The Hall–Kier alpha value is -0.163. The van der Waals surface area contributed by atoms with Crippen LogP contribution in [0.4, 0.5) is 39.5 Å². The van der Waals surface area contributed by atoms with Crippen molar-refractivity contribution in [2.24, 2.45) is 0 Å². The molecular weight excluding hydrogens is 322 g/mol. The second-order valence-electron chi connectivity index (χ2n) is 2.63.